The summed E-state index contributed by atoms with van der Waals surface area (Å²) < 4.78 is 12.7. The fraction of sp³-hybridized carbons (Fsp3) is 0.286. The van der Waals surface area contributed by atoms with Crippen molar-refractivity contribution in [2.24, 2.45) is 0 Å². The van der Waals surface area contributed by atoms with Gasteiger partial charge in [0.1, 0.15) is 0 Å². The molecule has 0 aliphatic carbocycles. The average Bonchev–Trinajstić information content (AvgIpc) is 2.96. The molecule has 0 fully saturated rings. The predicted molar refractivity (Wildman–Crippen MR) is 108 cm³/mol. The van der Waals surface area contributed by atoms with Crippen LogP contribution >= 0.6 is 11.3 Å². The molecule has 1 atom stereocenters. The number of amides is 2. The van der Waals surface area contributed by atoms with Crippen LogP contribution in [0.4, 0.5) is 4.79 Å². The number of benzene rings is 2. The van der Waals surface area contributed by atoms with Crippen molar-refractivity contribution >= 4 is 27.5 Å². The topological polar surface area (TPSA) is 59.6 Å². The van der Waals surface area contributed by atoms with Crippen LogP contribution in [0, 0.1) is 0 Å². The second-order valence-corrected chi connectivity index (χ2v) is 7.44. The number of ether oxygens (including phenoxy) is 2. The zero-order valence-corrected chi connectivity index (χ0v) is 16.0. The molecule has 0 bridgehead atoms. The molecule has 2 heterocycles. The van der Waals surface area contributed by atoms with Crippen LogP contribution in [0.3, 0.4) is 0 Å². The molecule has 2 N–H and O–H groups in total. The summed E-state index contributed by atoms with van der Waals surface area (Å²) in [6.45, 7) is 3.66. The normalized spacial score (nSPS) is 14.4. The van der Waals surface area contributed by atoms with E-state index in [-0.39, 0.29) is 12.1 Å². The maximum atomic E-state index is 12.4. The van der Waals surface area contributed by atoms with Gasteiger partial charge in [0.25, 0.3) is 0 Å². The summed E-state index contributed by atoms with van der Waals surface area (Å²) in [4.78, 5) is 12.4. The minimum Gasteiger partial charge on any atom is -0.490 e. The van der Waals surface area contributed by atoms with Gasteiger partial charge in [-0.3, -0.25) is 0 Å². The van der Waals surface area contributed by atoms with Gasteiger partial charge in [-0.15, -0.1) is 11.3 Å². The van der Waals surface area contributed by atoms with E-state index in [9.17, 15) is 4.79 Å². The van der Waals surface area contributed by atoms with Gasteiger partial charge >= 0.3 is 6.03 Å². The molecule has 2 amide bonds. The van der Waals surface area contributed by atoms with Crippen molar-refractivity contribution in [3.05, 3.63) is 59.0 Å². The molecular formula is C21H22N2O3S. The molecule has 5 nitrogen and oxygen atoms in total. The summed E-state index contributed by atoms with van der Waals surface area (Å²) in [5.41, 5.74) is 2.05. The van der Waals surface area contributed by atoms with E-state index in [0.717, 1.165) is 29.0 Å². The molecule has 2 aromatic carbocycles. The van der Waals surface area contributed by atoms with Gasteiger partial charge in [-0.05, 0) is 35.4 Å². The van der Waals surface area contributed by atoms with Crippen LogP contribution in [0.25, 0.3) is 10.1 Å². The van der Waals surface area contributed by atoms with Crippen molar-refractivity contribution in [2.75, 3.05) is 13.2 Å². The third-order valence-corrected chi connectivity index (χ3v) is 5.60. The third kappa shape index (κ3) is 3.85. The van der Waals surface area contributed by atoms with E-state index < -0.39 is 0 Å². The summed E-state index contributed by atoms with van der Waals surface area (Å²) in [6.07, 6.45) is 0.855. The van der Waals surface area contributed by atoms with E-state index in [1.807, 2.05) is 37.3 Å². The minimum atomic E-state index is -0.204. The Hall–Kier alpha value is -2.73. The summed E-state index contributed by atoms with van der Waals surface area (Å²) in [5, 5.41) is 9.25. The monoisotopic (exact) mass is 382 g/mol. The highest BCUT2D eigenvalue weighted by molar-refractivity contribution is 7.17. The molecule has 1 aromatic heterocycles. The maximum Gasteiger partial charge on any atom is 0.315 e. The minimum absolute atomic E-state index is 0.0754. The molecular weight excluding hydrogens is 360 g/mol. The van der Waals surface area contributed by atoms with Crippen molar-refractivity contribution in [1.29, 1.82) is 0 Å². The molecule has 140 valence electrons. The van der Waals surface area contributed by atoms with Crippen LogP contribution in [-0.4, -0.2) is 19.2 Å². The first kappa shape index (κ1) is 17.7. The molecule has 1 aliphatic heterocycles. The molecule has 27 heavy (non-hydrogen) atoms. The van der Waals surface area contributed by atoms with Gasteiger partial charge in [-0.25, -0.2) is 4.79 Å². The van der Waals surface area contributed by atoms with Crippen molar-refractivity contribution in [3.63, 3.8) is 0 Å². The summed E-state index contributed by atoms with van der Waals surface area (Å²) in [6, 6.07) is 13.7. The Kier molecular flexibility index (Phi) is 5.16. The number of carbonyl (C=O) groups is 1. The fourth-order valence-corrected chi connectivity index (χ4v) is 4.28. The van der Waals surface area contributed by atoms with Crippen LogP contribution < -0.4 is 20.1 Å². The predicted octanol–water partition coefficient (Wildman–Crippen LogP) is 4.62. The smallest absolute Gasteiger partial charge is 0.315 e. The van der Waals surface area contributed by atoms with Gasteiger partial charge < -0.3 is 20.1 Å². The number of para-hydroxylation sites is 1. The quantitative estimate of drug-likeness (QED) is 0.692. The second-order valence-electron chi connectivity index (χ2n) is 6.53. The number of carbonyl (C=O) groups excluding carboxylic acids is 1. The summed E-state index contributed by atoms with van der Waals surface area (Å²) in [5.74, 6) is 1.47. The highest BCUT2D eigenvalue weighted by atomic mass is 32.1. The molecule has 3 aromatic rings. The molecule has 4 rings (SSSR count). The first-order chi connectivity index (χ1) is 13.2. The molecule has 6 heteroatoms. The highest BCUT2D eigenvalue weighted by Crippen LogP contribution is 2.33. The first-order valence-corrected chi connectivity index (χ1v) is 9.98. The maximum absolute atomic E-state index is 12.4. The average molecular weight is 382 g/mol. The van der Waals surface area contributed by atoms with E-state index in [1.54, 1.807) is 11.3 Å². The number of thiophene rings is 1. The van der Waals surface area contributed by atoms with Crippen LogP contribution in [0.15, 0.2) is 47.8 Å². The van der Waals surface area contributed by atoms with E-state index in [2.05, 4.69) is 28.1 Å². The fourth-order valence-electron chi connectivity index (χ4n) is 3.23. The van der Waals surface area contributed by atoms with E-state index >= 15 is 0 Å². The Morgan fingerprint density at radius 2 is 2.00 bits per heavy atom. The Morgan fingerprint density at radius 3 is 2.93 bits per heavy atom. The van der Waals surface area contributed by atoms with Crippen LogP contribution in [0.1, 0.15) is 30.5 Å². The standard InChI is InChI=1S/C21H22N2O3S/c1-14(17-13-27-19-9-3-2-7-16(17)19)23-21(24)22-12-15-6-4-8-18-20(15)26-11-5-10-25-18/h2-4,6-9,13-14H,5,10-12H2,1H3,(H2,22,23,24). The number of rotatable bonds is 4. The lowest BCUT2D eigenvalue weighted by molar-refractivity contribution is 0.237. The molecule has 1 aliphatic rings. The van der Waals surface area contributed by atoms with Gasteiger partial charge in [0.2, 0.25) is 0 Å². The number of hydrogen-bond donors (Lipinski definition) is 2. The zero-order chi connectivity index (χ0) is 18.6. The Morgan fingerprint density at radius 1 is 1.15 bits per heavy atom. The molecule has 0 saturated heterocycles. The Bertz CT molecular complexity index is 954. The summed E-state index contributed by atoms with van der Waals surface area (Å²) in [7, 11) is 0. The summed E-state index contributed by atoms with van der Waals surface area (Å²) >= 11 is 1.69. The lowest BCUT2D eigenvalue weighted by atomic mass is 10.1. The number of urea groups is 1. The van der Waals surface area contributed by atoms with E-state index in [1.165, 1.54) is 10.1 Å². The molecule has 0 radical (unpaired) electrons. The first-order valence-electron chi connectivity index (χ1n) is 9.10. The molecule has 0 spiro atoms. The van der Waals surface area contributed by atoms with Crippen molar-refractivity contribution < 1.29 is 14.3 Å². The van der Waals surface area contributed by atoms with E-state index in [0.29, 0.717) is 19.8 Å². The Labute approximate surface area is 162 Å². The van der Waals surface area contributed by atoms with Crippen LogP contribution in [0.2, 0.25) is 0 Å². The lowest BCUT2D eigenvalue weighted by Gasteiger charge is -2.16. The van der Waals surface area contributed by atoms with Gasteiger partial charge in [0.05, 0.1) is 19.3 Å². The zero-order valence-electron chi connectivity index (χ0n) is 15.2. The number of fused-ring (bicyclic) bond motifs is 2. The van der Waals surface area contributed by atoms with Crippen molar-refractivity contribution in [1.82, 2.24) is 10.6 Å². The van der Waals surface area contributed by atoms with Crippen molar-refractivity contribution in [2.45, 2.75) is 25.9 Å². The number of hydrogen-bond acceptors (Lipinski definition) is 4. The SMILES string of the molecule is CC(NC(=O)NCc1cccc2c1OCCCO2)c1csc2ccccc12. The lowest BCUT2D eigenvalue weighted by Crippen LogP contribution is -2.36. The largest absolute Gasteiger partial charge is 0.490 e. The van der Waals surface area contributed by atoms with Gasteiger partial charge in [-0.2, -0.15) is 0 Å². The number of nitrogens with one attached hydrogen (secondary N) is 2. The Balaban J connectivity index is 1.40. The van der Waals surface area contributed by atoms with Gasteiger partial charge in [0.15, 0.2) is 11.5 Å². The van der Waals surface area contributed by atoms with Gasteiger partial charge in [-0.1, -0.05) is 30.3 Å². The molecule has 0 saturated carbocycles. The third-order valence-electron chi connectivity index (χ3n) is 4.62. The highest BCUT2D eigenvalue weighted by Gasteiger charge is 2.16. The van der Waals surface area contributed by atoms with Crippen LogP contribution in [0.5, 0.6) is 11.5 Å². The van der Waals surface area contributed by atoms with Crippen LogP contribution in [-0.2, 0) is 6.54 Å². The van der Waals surface area contributed by atoms with Crippen molar-refractivity contribution in [3.8, 4) is 11.5 Å². The van der Waals surface area contributed by atoms with E-state index in [4.69, 9.17) is 9.47 Å². The van der Waals surface area contributed by atoms with Gasteiger partial charge in [0, 0.05) is 23.2 Å². The molecule has 1 unspecified atom stereocenters. The second kappa shape index (κ2) is 7.88.